The van der Waals surface area contributed by atoms with E-state index in [0.717, 1.165) is 28.7 Å². The Morgan fingerprint density at radius 2 is 1.51 bits per heavy atom. The molecule has 12 heteroatoms. The molecule has 0 fully saturated rings. The van der Waals surface area contributed by atoms with E-state index in [4.69, 9.17) is 9.47 Å². The van der Waals surface area contributed by atoms with Crippen molar-refractivity contribution in [3.05, 3.63) is 130 Å². The Kier molecular flexibility index (Phi) is 7.63. The number of ether oxygens (including phenoxy) is 2. The fraction of sp³-hybridized carbons (Fsp3) is 0.0690. The van der Waals surface area contributed by atoms with Crippen molar-refractivity contribution in [2.45, 2.75) is 6.61 Å². The van der Waals surface area contributed by atoms with E-state index in [0.29, 0.717) is 15.1 Å². The Bertz CT molecular complexity index is 1750. The highest BCUT2D eigenvalue weighted by Gasteiger charge is 2.25. The van der Waals surface area contributed by atoms with Crippen LogP contribution in [0, 0.1) is 11.6 Å². The molecule has 0 spiro atoms. The maximum absolute atomic E-state index is 14.2. The second kappa shape index (κ2) is 11.6. The summed E-state index contributed by atoms with van der Waals surface area (Å²) in [5, 5.41) is 6.99. The Labute approximate surface area is 231 Å². The summed E-state index contributed by atoms with van der Waals surface area (Å²) in [4.78, 5) is 40.0. The summed E-state index contributed by atoms with van der Waals surface area (Å²) < 4.78 is 40.6. The van der Waals surface area contributed by atoms with Crippen molar-refractivity contribution in [2.75, 3.05) is 11.9 Å². The molecule has 1 aromatic heterocycles. The predicted octanol–water partition coefficient (Wildman–Crippen LogP) is 4.96. The Hall–Kier alpha value is -5.65. The van der Waals surface area contributed by atoms with Crippen LogP contribution in [0.1, 0.15) is 15.9 Å². The van der Waals surface area contributed by atoms with E-state index in [-0.39, 0.29) is 23.6 Å². The van der Waals surface area contributed by atoms with E-state index in [2.05, 4.69) is 10.4 Å². The SMILES string of the molecule is CN(C(=O)n1nnn(-c2c(F)cccc2F)c1=O)c1ccc(C(=O)OCc2ccccc2)cc1Oc1ccccc1. The number of esters is 1. The summed E-state index contributed by atoms with van der Waals surface area (Å²) in [5.41, 5.74) is -0.868. The van der Waals surface area contributed by atoms with Crippen molar-refractivity contribution in [1.29, 1.82) is 0 Å². The topological polar surface area (TPSA) is 109 Å². The summed E-state index contributed by atoms with van der Waals surface area (Å²) in [5.74, 6) is -2.26. The standard InChI is InChI=1S/C29H21F2N5O5/c1-34(28(38)36-29(39)35(32-33-36)26-22(30)13-8-14-23(26)31)24-16-15-20(17-25(24)41-21-11-6-3-7-12-21)27(37)40-18-19-9-4-2-5-10-19/h2-17H,18H2,1H3. The molecule has 0 aliphatic rings. The van der Waals surface area contributed by atoms with Crippen molar-refractivity contribution in [2.24, 2.45) is 0 Å². The van der Waals surface area contributed by atoms with Crippen LogP contribution in [0.2, 0.25) is 0 Å². The minimum atomic E-state index is -1.20. The molecule has 1 heterocycles. The van der Waals surface area contributed by atoms with E-state index in [1.165, 1.54) is 25.2 Å². The third-order valence-corrected chi connectivity index (χ3v) is 5.94. The molecule has 206 valence electrons. The van der Waals surface area contributed by atoms with Gasteiger partial charge in [-0.15, -0.1) is 4.68 Å². The van der Waals surface area contributed by atoms with Crippen LogP contribution in [0.5, 0.6) is 11.5 Å². The number of carbonyl (C=O) groups is 2. The summed E-state index contributed by atoms with van der Waals surface area (Å²) in [7, 11) is 1.33. The van der Waals surface area contributed by atoms with E-state index in [1.807, 2.05) is 30.3 Å². The molecule has 0 atom stereocenters. The number of hydrogen-bond donors (Lipinski definition) is 0. The van der Waals surface area contributed by atoms with Gasteiger partial charge in [-0.2, -0.15) is 4.68 Å². The predicted molar refractivity (Wildman–Crippen MR) is 143 cm³/mol. The van der Waals surface area contributed by atoms with Gasteiger partial charge in [-0.25, -0.2) is 23.2 Å². The van der Waals surface area contributed by atoms with Crippen LogP contribution < -0.4 is 15.3 Å². The molecule has 0 saturated carbocycles. The second-order valence-electron chi connectivity index (χ2n) is 8.66. The molecule has 0 bridgehead atoms. The van der Waals surface area contributed by atoms with Gasteiger partial charge in [-0.05, 0) is 58.5 Å². The molecule has 0 aliphatic carbocycles. The molecule has 4 aromatic carbocycles. The Balaban J connectivity index is 1.46. The lowest BCUT2D eigenvalue weighted by atomic mass is 10.1. The third-order valence-electron chi connectivity index (χ3n) is 5.94. The average molecular weight is 558 g/mol. The minimum Gasteiger partial charge on any atom is -0.457 e. The van der Waals surface area contributed by atoms with Gasteiger partial charge in [0.2, 0.25) is 0 Å². The first kappa shape index (κ1) is 26.9. The quantitative estimate of drug-likeness (QED) is 0.206. The largest absolute Gasteiger partial charge is 0.457 e. The van der Waals surface area contributed by atoms with Gasteiger partial charge in [0.25, 0.3) is 0 Å². The first-order valence-electron chi connectivity index (χ1n) is 12.2. The maximum atomic E-state index is 14.2. The molecular weight excluding hydrogens is 536 g/mol. The van der Waals surface area contributed by atoms with Gasteiger partial charge in [0.1, 0.15) is 18.0 Å². The summed E-state index contributed by atoms with van der Waals surface area (Å²) >= 11 is 0. The molecule has 0 N–H and O–H groups in total. The highest BCUT2D eigenvalue weighted by atomic mass is 19.1. The van der Waals surface area contributed by atoms with Crippen LogP contribution >= 0.6 is 0 Å². The van der Waals surface area contributed by atoms with Gasteiger partial charge < -0.3 is 9.47 Å². The molecule has 0 saturated heterocycles. The molecule has 0 radical (unpaired) electrons. The van der Waals surface area contributed by atoms with Crippen LogP contribution in [-0.4, -0.2) is 38.8 Å². The maximum Gasteiger partial charge on any atom is 0.377 e. The van der Waals surface area contributed by atoms with Crippen molar-refractivity contribution in [1.82, 2.24) is 19.8 Å². The highest BCUT2D eigenvalue weighted by Crippen LogP contribution is 2.33. The van der Waals surface area contributed by atoms with Crippen LogP contribution in [0.4, 0.5) is 19.3 Å². The zero-order chi connectivity index (χ0) is 28.9. The number of aromatic nitrogens is 4. The number of rotatable bonds is 7. The molecule has 5 aromatic rings. The monoisotopic (exact) mass is 557 g/mol. The molecule has 5 rings (SSSR count). The molecule has 1 amide bonds. The minimum absolute atomic E-state index is 0.0515. The van der Waals surface area contributed by atoms with Gasteiger partial charge in [0.15, 0.2) is 17.4 Å². The lowest BCUT2D eigenvalue weighted by Gasteiger charge is -2.20. The molecular formula is C29H21F2N5O5. The van der Waals surface area contributed by atoms with Crippen molar-refractivity contribution < 1.29 is 27.8 Å². The number of para-hydroxylation sites is 2. The van der Waals surface area contributed by atoms with Gasteiger partial charge in [-0.3, -0.25) is 4.90 Å². The Morgan fingerprint density at radius 1 is 0.854 bits per heavy atom. The lowest BCUT2D eigenvalue weighted by molar-refractivity contribution is 0.0472. The van der Waals surface area contributed by atoms with Crippen molar-refractivity contribution >= 4 is 17.7 Å². The van der Waals surface area contributed by atoms with E-state index >= 15 is 0 Å². The molecule has 41 heavy (non-hydrogen) atoms. The molecule has 0 aliphatic heterocycles. The van der Waals surface area contributed by atoms with Crippen LogP contribution in [0.3, 0.4) is 0 Å². The molecule has 0 unspecified atom stereocenters. The number of hydrogen-bond acceptors (Lipinski definition) is 7. The van der Waals surface area contributed by atoms with E-state index < -0.39 is 35.0 Å². The van der Waals surface area contributed by atoms with Crippen molar-refractivity contribution in [3.63, 3.8) is 0 Å². The number of nitrogens with zero attached hydrogens (tertiary/aromatic N) is 5. The second-order valence-corrected chi connectivity index (χ2v) is 8.66. The van der Waals surface area contributed by atoms with Gasteiger partial charge >= 0.3 is 17.7 Å². The number of halogens is 2. The van der Waals surface area contributed by atoms with Gasteiger partial charge in [0.05, 0.1) is 11.3 Å². The fourth-order valence-electron chi connectivity index (χ4n) is 3.87. The van der Waals surface area contributed by atoms with Gasteiger partial charge in [0, 0.05) is 7.05 Å². The van der Waals surface area contributed by atoms with Crippen LogP contribution in [-0.2, 0) is 11.3 Å². The number of anilines is 1. The molecule has 10 nitrogen and oxygen atoms in total. The smallest absolute Gasteiger partial charge is 0.377 e. The van der Waals surface area contributed by atoms with E-state index in [9.17, 15) is 23.2 Å². The fourth-order valence-corrected chi connectivity index (χ4v) is 3.87. The number of amides is 1. The summed E-state index contributed by atoms with van der Waals surface area (Å²) in [6.07, 6.45) is 0. The lowest BCUT2D eigenvalue weighted by Crippen LogP contribution is -2.39. The first-order chi connectivity index (χ1) is 19.8. The summed E-state index contributed by atoms with van der Waals surface area (Å²) in [6, 6.07) is 24.0. The zero-order valence-electron chi connectivity index (χ0n) is 21.5. The van der Waals surface area contributed by atoms with Crippen LogP contribution in [0.15, 0.2) is 102 Å². The first-order valence-corrected chi connectivity index (χ1v) is 12.2. The van der Waals surface area contributed by atoms with Gasteiger partial charge in [-0.1, -0.05) is 54.6 Å². The number of carbonyl (C=O) groups excluding carboxylic acids is 2. The third kappa shape index (κ3) is 5.71. The Morgan fingerprint density at radius 3 is 2.20 bits per heavy atom. The van der Waals surface area contributed by atoms with Crippen molar-refractivity contribution in [3.8, 4) is 17.2 Å². The summed E-state index contributed by atoms with van der Waals surface area (Å²) in [6.45, 7) is 0.0515. The number of tetrazole rings is 1. The van der Waals surface area contributed by atoms with E-state index in [1.54, 1.807) is 30.3 Å². The zero-order valence-corrected chi connectivity index (χ0v) is 21.5. The highest BCUT2D eigenvalue weighted by molar-refractivity contribution is 5.96. The average Bonchev–Trinajstić information content (AvgIpc) is 3.36. The van der Waals surface area contributed by atoms with Crippen LogP contribution in [0.25, 0.3) is 5.69 Å². The normalized spacial score (nSPS) is 10.7. The number of benzene rings is 4.